The van der Waals surface area contributed by atoms with E-state index in [0.717, 1.165) is 20.7 Å². The zero-order valence-corrected chi connectivity index (χ0v) is 18.7. The Morgan fingerprint density at radius 1 is 1.12 bits per heavy atom. The summed E-state index contributed by atoms with van der Waals surface area (Å²) in [5.74, 6) is -0.789. The van der Waals surface area contributed by atoms with Crippen LogP contribution < -0.4 is 10.6 Å². The summed E-state index contributed by atoms with van der Waals surface area (Å²) in [6, 6.07) is 21.7. The standard InChI is InChI=1S/C25H20N4O4S/c26-12-18-13-27-23(19-11-21(34-22(18)19)17-9-5-2-6-10-17)28-14-20(24(30)31)29-25(32)33-15-16-7-3-1-4-8-16/h1-11,13,20H,14-15H2,(H,27,28)(H,29,32)(H,30,31)/t20-/m0/s1. The van der Waals surface area contributed by atoms with Gasteiger partial charge in [-0.2, -0.15) is 5.26 Å². The number of alkyl carbamates (subject to hydrolysis) is 1. The number of carboxylic acid groups (broad SMARTS) is 1. The van der Waals surface area contributed by atoms with E-state index < -0.39 is 18.1 Å². The number of benzene rings is 2. The van der Waals surface area contributed by atoms with Crippen molar-refractivity contribution in [3.63, 3.8) is 0 Å². The van der Waals surface area contributed by atoms with Crippen molar-refractivity contribution in [2.24, 2.45) is 0 Å². The molecule has 170 valence electrons. The summed E-state index contributed by atoms with van der Waals surface area (Å²) in [5.41, 5.74) is 2.23. The van der Waals surface area contributed by atoms with Gasteiger partial charge in [0.05, 0.1) is 10.3 Å². The molecule has 34 heavy (non-hydrogen) atoms. The first-order valence-electron chi connectivity index (χ1n) is 10.4. The Labute approximate surface area is 199 Å². The van der Waals surface area contributed by atoms with Crippen LogP contribution in [0.15, 0.2) is 72.9 Å². The number of anilines is 1. The predicted octanol–water partition coefficient (Wildman–Crippen LogP) is 4.63. The van der Waals surface area contributed by atoms with Crippen molar-refractivity contribution in [3.05, 3.63) is 84.1 Å². The zero-order valence-electron chi connectivity index (χ0n) is 17.9. The lowest BCUT2D eigenvalue weighted by Crippen LogP contribution is -2.45. The van der Waals surface area contributed by atoms with Crippen molar-refractivity contribution in [2.75, 3.05) is 11.9 Å². The van der Waals surface area contributed by atoms with Crippen LogP contribution in [0.1, 0.15) is 11.1 Å². The summed E-state index contributed by atoms with van der Waals surface area (Å²) in [4.78, 5) is 29.1. The average molecular weight is 473 g/mol. The molecule has 3 N–H and O–H groups in total. The number of rotatable bonds is 8. The number of carbonyl (C=O) groups is 2. The Balaban J connectivity index is 1.48. The Bertz CT molecular complexity index is 1350. The van der Waals surface area contributed by atoms with Crippen LogP contribution in [0, 0.1) is 11.3 Å². The normalized spacial score (nSPS) is 11.4. The number of nitrogens with one attached hydrogen (secondary N) is 2. The maximum atomic E-state index is 12.1. The van der Waals surface area contributed by atoms with Gasteiger partial charge in [-0.25, -0.2) is 14.6 Å². The second-order valence-electron chi connectivity index (χ2n) is 7.33. The second-order valence-corrected chi connectivity index (χ2v) is 8.38. The fourth-order valence-electron chi connectivity index (χ4n) is 3.30. The first-order chi connectivity index (χ1) is 16.5. The van der Waals surface area contributed by atoms with Crippen molar-refractivity contribution in [3.8, 4) is 16.5 Å². The molecule has 0 bridgehead atoms. The van der Waals surface area contributed by atoms with E-state index in [0.29, 0.717) is 16.8 Å². The number of carbonyl (C=O) groups excluding carboxylic acids is 1. The van der Waals surface area contributed by atoms with E-state index in [1.54, 1.807) is 12.1 Å². The molecule has 0 spiro atoms. The van der Waals surface area contributed by atoms with Crippen molar-refractivity contribution in [1.82, 2.24) is 10.3 Å². The van der Waals surface area contributed by atoms with Gasteiger partial charge in [0.2, 0.25) is 0 Å². The molecule has 9 heteroatoms. The molecule has 4 aromatic rings. The molecule has 0 aliphatic rings. The third-order valence-electron chi connectivity index (χ3n) is 5.01. The average Bonchev–Trinajstić information content (AvgIpc) is 3.32. The molecule has 0 fully saturated rings. The SMILES string of the molecule is N#Cc1cnc(NC[C@H](NC(=O)OCc2ccccc2)C(=O)O)c2cc(-c3ccccc3)sc12. The van der Waals surface area contributed by atoms with Crippen molar-refractivity contribution < 1.29 is 19.4 Å². The maximum Gasteiger partial charge on any atom is 0.408 e. The molecule has 2 heterocycles. The maximum absolute atomic E-state index is 12.1. The van der Waals surface area contributed by atoms with E-state index in [-0.39, 0.29) is 13.2 Å². The summed E-state index contributed by atoms with van der Waals surface area (Å²) < 4.78 is 5.87. The van der Waals surface area contributed by atoms with Crippen LogP contribution in [0.3, 0.4) is 0 Å². The van der Waals surface area contributed by atoms with Gasteiger partial charge in [0, 0.05) is 23.0 Å². The van der Waals surface area contributed by atoms with Gasteiger partial charge in [0.15, 0.2) is 0 Å². The molecule has 0 radical (unpaired) electrons. The number of ether oxygens (including phenoxy) is 1. The minimum atomic E-state index is -1.25. The number of nitriles is 1. The Hall–Kier alpha value is -4.42. The van der Waals surface area contributed by atoms with Crippen molar-refractivity contribution in [2.45, 2.75) is 12.6 Å². The first kappa shape index (κ1) is 22.8. The molecule has 8 nitrogen and oxygen atoms in total. The van der Waals surface area contributed by atoms with Crippen LogP contribution in [-0.4, -0.2) is 34.7 Å². The third kappa shape index (κ3) is 5.31. The van der Waals surface area contributed by atoms with Crippen molar-refractivity contribution >= 4 is 39.3 Å². The van der Waals surface area contributed by atoms with E-state index in [1.807, 2.05) is 54.6 Å². The number of fused-ring (bicyclic) bond motifs is 1. The first-order valence-corrected chi connectivity index (χ1v) is 11.2. The fourth-order valence-corrected chi connectivity index (χ4v) is 4.42. The summed E-state index contributed by atoms with van der Waals surface area (Å²) in [7, 11) is 0. The molecule has 0 aliphatic heterocycles. The molecule has 4 rings (SSSR count). The highest BCUT2D eigenvalue weighted by molar-refractivity contribution is 7.22. The van der Waals surface area contributed by atoms with Crippen LogP contribution in [0.5, 0.6) is 0 Å². The van der Waals surface area contributed by atoms with E-state index in [2.05, 4.69) is 21.7 Å². The molecule has 0 saturated carbocycles. The molecular weight excluding hydrogens is 452 g/mol. The zero-order chi connectivity index (χ0) is 23.9. The quantitative estimate of drug-likeness (QED) is 0.342. The van der Waals surface area contributed by atoms with Gasteiger partial charge in [-0.05, 0) is 17.2 Å². The number of thiophene rings is 1. The van der Waals surface area contributed by atoms with Crippen LogP contribution in [-0.2, 0) is 16.1 Å². The van der Waals surface area contributed by atoms with E-state index in [4.69, 9.17) is 4.74 Å². The Morgan fingerprint density at radius 2 is 1.82 bits per heavy atom. The molecular formula is C25H20N4O4S. The number of pyridine rings is 1. The number of amides is 1. The molecule has 1 atom stereocenters. The number of aliphatic carboxylic acids is 1. The minimum Gasteiger partial charge on any atom is -0.480 e. The van der Waals surface area contributed by atoms with Gasteiger partial charge in [0.25, 0.3) is 0 Å². The van der Waals surface area contributed by atoms with Crippen LogP contribution in [0.2, 0.25) is 0 Å². The highest BCUT2D eigenvalue weighted by Crippen LogP contribution is 2.37. The lowest BCUT2D eigenvalue weighted by atomic mass is 10.1. The number of hydrogen-bond donors (Lipinski definition) is 3. The lowest BCUT2D eigenvalue weighted by molar-refractivity contribution is -0.139. The molecule has 1 amide bonds. The molecule has 0 saturated heterocycles. The number of nitrogens with zero attached hydrogens (tertiary/aromatic N) is 2. The Kier molecular flexibility index (Phi) is 7.01. The number of aromatic nitrogens is 1. The molecule has 0 aliphatic carbocycles. The summed E-state index contributed by atoms with van der Waals surface area (Å²) in [5, 5.41) is 25.1. The predicted molar refractivity (Wildman–Crippen MR) is 129 cm³/mol. The Morgan fingerprint density at radius 3 is 2.50 bits per heavy atom. The summed E-state index contributed by atoms with van der Waals surface area (Å²) in [6.07, 6.45) is 0.616. The number of carboxylic acids is 1. The minimum absolute atomic E-state index is 0.0292. The highest BCUT2D eigenvalue weighted by Gasteiger charge is 2.22. The van der Waals surface area contributed by atoms with Gasteiger partial charge in [0.1, 0.15) is 24.5 Å². The largest absolute Gasteiger partial charge is 0.480 e. The second kappa shape index (κ2) is 10.5. The van der Waals surface area contributed by atoms with Crippen molar-refractivity contribution in [1.29, 1.82) is 5.26 Å². The van der Waals surface area contributed by atoms with Gasteiger partial charge in [-0.3, -0.25) is 0 Å². The van der Waals surface area contributed by atoms with Gasteiger partial charge >= 0.3 is 12.1 Å². The third-order valence-corrected chi connectivity index (χ3v) is 6.23. The molecule has 0 unspecified atom stereocenters. The van der Waals surface area contributed by atoms with E-state index in [1.165, 1.54) is 17.5 Å². The summed E-state index contributed by atoms with van der Waals surface area (Å²) >= 11 is 1.46. The van der Waals surface area contributed by atoms with Gasteiger partial charge < -0.3 is 20.5 Å². The van der Waals surface area contributed by atoms with Gasteiger partial charge in [-0.15, -0.1) is 11.3 Å². The smallest absolute Gasteiger partial charge is 0.408 e. The van der Waals surface area contributed by atoms with Crippen LogP contribution >= 0.6 is 11.3 Å². The number of hydrogen-bond acceptors (Lipinski definition) is 7. The summed E-state index contributed by atoms with van der Waals surface area (Å²) in [6.45, 7) is -0.0955. The van der Waals surface area contributed by atoms with E-state index >= 15 is 0 Å². The fraction of sp³-hybridized carbons (Fsp3) is 0.120. The van der Waals surface area contributed by atoms with E-state index in [9.17, 15) is 20.0 Å². The monoisotopic (exact) mass is 472 g/mol. The highest BCUT2D eigenvalue weighted by atomic mass is 32.1. The lowest BCUT2D eigenvalue weighted by Gasteiger charge is -2.16. The topological polar surface area (TPSA) is 124 Å². The van der Waals surface area contributed by atoms with Crippen LogP contribution in [0.4, 0.5) is 10.6 Å². The van der Waals surface area contributed by atoms with Gasteiger partial charge in [-0.1, -0.05) is 60.7 Å². The van der Waals surface area contributed by atoms with Crippen LogP contribution in [0.25, 0.3) is 20.5 Å². The molecule has 2 aromatic heterocycles. The molecule has 2 aromatic carbocycles.